The zero-order valence-corrected chi connectivity index (χ0v) is 15.4. The number of thiophene rings is 1. The molecule has 0 spiro atoms. The van der Waals surface area contributed by atoms with E-state index < -0.39 is 0 Å². The maximum Gasteiger partial charge on any atom is 0.264 e. The van der Waals surface area contributed by atoms with Crippen molar-refractivity contribution in [2.24, 2.45) is 5.92 Å². The molecule has 1 saturated heterocycles. The number of amides is 2. The van der Waals surface area contributed by atoms with Crippen LogP contribution in [0.1, 0.15) is 29.4 Å². The second-order valence-corrected chi connectivity index (χ2v) is 6.72. The summed E-state index contributed by atoms with van der Waals surface area (Å²) in [5.41, 5.74) is 0. The molecule has 2 rings (SSSR count). The van der Waals surface area contributed by atoms with Gasteiger partial charge in [0.15, 0.2) is 0 Å². The lowest BCUT2D eigenvalue weighted by molar-refractivity contribution is -0.133. The minimum Gasteiger partial charge on any atom is -0.341 e. The van der Waals surface area contributed by atoms with Gasteiger partial charge in [0.1, 0.15) is 0 Å². The Morgan fingerprint density at radius 2 is 2.09 bits per heavy atom. The molecule has 0 atom stereocenters. The molecule has 1 N–H and O–H groups in total. The SMILES string of the molecule is CCNCC1CCN(C(=O)CN(C)C(=O)c2cccs2)CC1.Cl. The summed E-state index contributed by atoms with van der Waals surface area (Å²) in [6.07, 6.45) is 2.09. The van der Waals surface area contributed by atoms with Crippen LogP contribution < -0.4 is 5.32 Å². The minimum absolute atomic E-state index is 0. The van der Waals surface area contributed by atoms with Crippen molar-refractivity contribution in [1.82, 2.24) is 15.1 Å². The molecule has 7 heteroatoms. The fraction of sp³-hybridized carbons (Fsp3) is 0.625. The number of likely N-dealkylation sites (tertiary alicyclic amines) is 1. The summed E-state index contributed by atoms with van der Waals surface area (Å²) >= 11 is 1.41. The number of likely N-dealkylation sites (N-methyl/N-ethyl adjacent to an activating group) is 1. The Morgan fingerprint density at radius 3 is 2.65 bits per heavy atom. The van der Waals surface area contributed by atoms with Gasteiger partial charge in [0, 0.05) is 20.1 Å². The van der Waals surface area contributed by atoms with Crippen LogP contribution in [0.15, 0.2) is 17.5 Å². The molecule has 0 radical (unpaired) electrons. The summed E-state index contributed by atoms with van der Waals surface area (Å²) in [7, 11) is 1.69. The minimum atomic E-state index is -0.0784. The van der Waals surface area contributed by atoms with Crippen molar-refractivity contribution in [3.63, 3.8) is 0 Å². The highest BCUT2D eigenvalue weighted by Crippen LogP contribution is 2.17. The van der Waals surface area contributed by atoms with E-state index >= 15 is 0 Å². The van der Waals surface area contributed by atoms with Crippen LogP contribution in [0.5, 0.6) is 0 Å². The first-order chi connectivity index (χ1) is 10.6. The maximum atomic E-state index is 12.3. The van der Waals surface area contributed by atoms with Crippen molar-refractivity contribution >= 4 is 35.6 Å². The van der Waals surface area contributed by atoms with E-state index in [4.69, 9.17) is 0 Å². The van der Waals surface area contributed by atoms with Crippen LogP contribution in [0.2, 0.25) is 0 Å². The molecule has 1 fully saturated rings. The van der Waals surface area contributed by atoms with Gasteiger partial charge in [0.25, 0.3) is 5.91 Å². The van der Waals surface area contributed by atoms with E-state index in [0.717, 1.165) is 39.0 Å². The Morgan fingerprint density at radius 1 is 1.39 bits per heavy atom. The van der Waals surface area contributed by atoms with Crippen molar-refractivity contribution in [3.05, 3.63) is 22.4 Å². The first-order valence-electron chi connectivity index (χ1n) is 7.89. The summed E-state index contributed by atoms with van der Waals surface area (Å²) in [6.45, 7) is 5.91. The van der Waals surface area contributed by atoms with Crippen LogP contribution in [0.4, 0.5) is 0 Å². The van der Waals surface area contributed by atoms with Gasteiger partial charge >= 0.3 is 0 Å². The zero-order chi connectivity index (χ0) is 15.9. The average Bonchev–Trinajstić information content (AvgIpc) is 3.06. The van der Waals surface area contributed by atoms with E-state index in [1.54, 1.807) is 13.1 Å². The summed E-state index contributed by atoms with van der Waals surface area (Å²) in [5.74, 6) is 0.633. The van der Waals surface area contributed by atoms with E-state index in [0.29, 0.717) is 10.8 Å². The molecule has 1 aromatic rings. The van der Waals surface area contributed by atoms with Crippen LogP contribution in [0.25, 0.3) is 0 Å². The first-order valence-corrected chi connectivity index (χ1v) is 8.77. The van der Waals surface area contributed by atoms with E-state index in [1.807, 2.05) is 16.3 Å². The molecule has 1 aromatic heterocycles. The lowest BCUT2D eigenvalue weighted by Gasteiger charge is -2.33. The van der Waals surface area contributed by atoms with Gasteiger partial charge in [0.2, 0.25) is 5.91 Å². The maximum absolute atomic E-state index is 12.3. The fourth-order valence-electron chi connectivity index (χ4n) is 2.70. The van der Waals surface area contributed by atoms with Crippen LogP contribution in [0, 0.1) is 5.92 Å². The van der Waals surface area contributed by atoms with Gasteiger partial charge in [-0.05, 0) is 43.3 Å². The molecule has 5 nitrogen and oxygen atoms in total. The highest BCUT2D eigenvalue weighted by Gasteiger charge is 2.24. The molecular formula is C16H26ClN3O2S. The number of hydrogen-bond acceptors (Lipinski definition) is 4. The van der Waals surface area contributed by atoms with Crippen LogP contribution in [-0.4, -0.2) is 61.4 Å². The molecule has 0 aliphatic carbocycles. The molecule has 1 aliphatic heterocycles. The third-order valence-corrected chi connectivity index (χ3v) is 4.96. The van der Waals surface area contributed by atoms with Crippen molar-refractivity contribution in [2.75, 3.05) is 39.8 Å². The van der Waals surface area contributed by atoms with E-state index in [-0.39, 0.29) is 30.8 Å². The third-order valence-electron chi connectivity index (χ3n) is 4.10. The van der Waals surface area contributed by atoms with Crippen molar-refractivity contribution in [1.29, 1.82) is 0 Å². The zero-order valence-electron chi connectivity index (χ0n) is 13.8. The molecule has 0 aromatic carbocycles. The van der Waals surface area contributed by atoms with E-state index in [9.17, 15) is 9.59 Å². The molecule has 0 saturated carbocycles. The van der Waals surface area contributed by atoms with Gasteiger partial charge in [0.05, 0.1) is 11.4 Å². The molecule has 23 heavy (non-hydrogen) atoms. The van der Waals surface area contributed by atoms with Crippen molar-refractivity contribution in [2.45, 2.75) is 19.8 Å². The molecule has 1 aliphatic rings. The smallest absolute Gasteiger partial charge is 0.264 e. The van der Waals surface area contributed by atoms with E-state index in [2.05, 4.69) is 12.2 Å². The first kappa shape index (κ1) is 19.9. The normalized spacial score (nSPS) is 15.1. The third kappa shape index (κ3) is 5.79. The predicted molar refractivity (Wildman–Crippen MR) is 96.4 cm³/mol. The lowest BCUT2D eigenvalue weighted by Crippen LogP contribution is -2.45. The highest BCUT2D eigenvalue weighted by atomic mass is 35.5. The number of nitrogens with zero attached hydrogens (tertiary/aromatic N) is 2. The van der Waals surface area contributed by atoms with Gasteiger partial charge in [-0.1, -0.05) is 13.0 Å². The standard InChI is InChI=1S/C16H25N3O2S.ClH/c1-3-17-11-13-6-8-19(9-7-13)15(20)12-18(2)16(21)14-5-4-10-22-14;/h4-5,10,13,17H,3,6-9,11-12H2,1-2H3;1H. The topological polar surface area (TPSA) is 52.7 Å². The second kappa shape index (κ2) is 9.90. The van der Waals surface area contributed by atoms with Gasteiger partial charge in [-0.25, -0.2) is 0 Å². The van der Waals surface area contributed by atoms with Crippen LogP contribution >= 0.6 is 23.7 Å². The van der Waals surface area contributed by atoms with Crippen molar-refractivity contribution in [3.8, 4) is 0 Å². The number of carbonyl (C=O) groups is 2. The van der Waals surface area contributed by atoms with Crippen LogP contribution in [-0.2, 0) is 4.79 Å². The largest absolute Gasteiger partial charge is 0.341 e. The van der Waals surface area contributed by atoms with Gasteiger partial charge < -0.3 is 15.1 Å². The monoisotopic (exact) mass is 359 g/mol. The molecule has 130 valence electrons. The Hall–Kier alpha value is -1.11. The van der Waals surface area contributed by atoms with E-state index in [1.165, 1.54) is 16.2 Å². The van der Waals surface area contributed by atoms with Crippen LogP contribution in [0.3, 0.4) is 0 Å². The van der Waals surface area contributed by atoms with Gasteiger partial charge in [-0.3, -0.25) is 9.59 Å². The number of carbonyl (C=O) groups excluding carboxylic acids is 2. The number of nitrogens with one attached hydrogen (secondary N) is 1. The molecule has 0 unspecified atom stereocenters. The Labute approximate surface area is 148 Å². The Bertz CT molecular complexity index is 488. The Balaban J connectivity index is 0.00000264. The number of halogens is 1. The second-order valence-electron chi connectivity index (χ2n) is 5.77. The molecule has 2 heterocycles. The average molecular weight is 360 g/mol. The fourth-order valence-corrected chi connectivity index (χ4v) is 3.42. The number of rotatable bonds is 6. The predicted octanol–water partition coefficient (Wildman–Crippen LogP) is 2.09. The molecule has 0 bridgehead atoms. The van der Waals surface area contributed by atoms with Gasteiger partial charge in [-0.2, -0.15) is 0 Å². The summed E-state index contributed by atoms with van der Waals surface area (Å²) in [5, 5.41) is 5.24. The molecule has 2 amide bonds. The number of hydrogen-bond donors (Lipinski definition) is 1. The summed E-state index contributed by atoms with van der Waals surface area (Å²) in [4.78, 5) is 28.6. The lowest BCUT2D eigenvalue weighted by atomic mass is 9.97. The highest BCUT2D eigenvalue weighted by molar-refractivity contribution is 7.12. The summed E-state index contributed by atoms with van der Waals surface area (Å²) in [6, 6.07) is 3.64. The quantitative estimate of drug-likeness (QED) is 0.846. The molecular weight excluding hydrogens is 334 g/mol. The Kier molecular flexibility index (Phi) is 8.58. The summed E-state index contributed by atoms with van der Waals surface area (Å²) < 4.78 is 0. The van der Waals surface area contributed by atoms with Gasteiger partial charge in [-0.15, -0.1) is 23.7 Å². The number of piperidine rings is 1. The van der Waals surface area contributed by atoms with Crippen molar-refractivity contribution < 1.29 is 9.59 Å².